The summed E-state index contributed by atoms with van der Waals surface area (Å²) in [4.78, 5) is 11.2. The second-order valence-electron chi connectivity index (χ2n) is 5.30. The van der Waals surface area contributed by atoms with Gasteiger partial charge in [0.1, 0.15) is 12.2 Å². The molecule has 106 valence electrons. The summed E-state index contributed by atoms with van der Waals surface area (Å²) in [6.45, 7) is 7.25. The molecule has 0 heterocycles. The van der Waals surface area contributed by atoms with Gasteiger partial charge in [-0.25, -0.2) is 4.79 Å². The molecule has 0 aliphatic heterocycles. The summed E-state index contributed by atoms with van der Waals surface area (Å²) in [6, 6.07) is 10.3. The third kappa shape index (κ3) is 8.21. The Labute approximate surface area is 115 Å². The van der Waals surface area contributed by atoms with Crippen molar-refractivity contribution in [2.45, 2.75) is 32.8 Å². The fourth-order valence-corrected chi connectivity index (χ4v) is 1.49. The fraction of sp³-hybridized carbons (Fsp3) is 0.533. The van der Waals surface area contributed by atoms with Gasteiger partial charge in [0.25, 0.3) is 0 Å². The Hall–Kier alpha value is -1.55. The van der Waals surface area contributed by atoms with Gasteiger partial charge in [-0.05, 0) is 39.3 Å². The summed E-state index contributed by atoms with van der Waals surface area (Å²) in [5.74, 6) is 0. The maximum absolute atomic E-state index is 11.2. The van der Waals surface area contributed by atoms with Crippen LogP contribution >= 0.6 is 0 Å². The molecule has 0 saturated carbocycles. The van der Waals surface area contributed by atoms with Crippen LogP contribution in [0, 0.1) is 0 Å². The van der Waals surface area contributed by atoms with Crippen LogP contribution < -0.4 is 5.32 Å². The molecule has 0 fully saturated rings. The van der Waals surface area contributed by atoms with Gasteiger partial charge >= 0.3 is 6.16 Å². The van der Waals surface area contributed by atoms with Crippen molar-refractivity contribution in [3.8, 4) is 0 Å². The van der Waals surface area contributed by atoms with Crippen LogP contribution in [-0.2, 0) is 15.9 Å². The van der Waals surface area contributed by atoms with Crippen LogP contribution in [0.1, 0.15) is 26.3 Å². The number of carbonyl (C=O) groups is 1. The number of ether oxygens (including phenoxy) is 2. The lowest BCUT2D eigenvalue weighted by Gasteiger charge is -2.18. The molecule has 0 bridgehead atoms. The molecule has 1 aromatic carbocycles. The van der Waals surface area contributed by atoms with Crippen LogP contribution in [0.2, 0.25) is 0 Å². The van der Waals surface area contributed by atoms with E-state index in [0.717, 1.165) is 13.0 Å². The minimum Gasteiger partial charge on any atom is -0.433 e. The maximum Gasteiger partial charge on any atom is 0.508 e. The molecule has 1 rings (SSSR count). The van der Waals surface area contributed by atoms with E-state index in [1.54, 1.807) is 0 Å². The smallest absolute Gasteiger partial charge is 0.433 e. The summed E-state index contributed by atoms with van der Waals surface area (Å²) in [5.41, 5.74) is 0.792. The highest BCUT2D eigenvalue weighted by Crippen LogP contribution is 2.07. The first kappa shape index (κ1) is 15.5. The first-order chi connectivity index (χ1) is 8.97. The van der Waals surface area contributed by atoms with Gasteiger partial charge in [-0.1, -0.05) is 30.3 Å². The molecular formula is C15H23NO3. The van der Waals surface area contributed by atoms with E-state index in [1.807, 2.05) is 39.0 Å². The number of benzene rings is 1. The first-order valence-electron chi connectivity index (χ1n) is 6.58. The van der Waals surface area contributed by atoms with Gasteiger partial charge in [0, 0.05) is 6.54 Å². The van der Waals surface area contributed by atoms with E-state index in [9.17, 15) is 4.79 Å². The Morgan fingerprint density at radius 2 is 1.84 bits per heavy atom. The molecule has 4 heteroatoms. The van der Waals surface area contributed by atoms with Crippen molar-refractivity contribution in [2.75, 3.05) is 19.7 Å². The normalized spacial score (nSPS) is 11.1. The molecule has 19 heavy (non-hydrogen) atoms. The van der Waals surface area contributed by atoms with E-state index < -0.39 is 11.8 Å². The van der Waals surface area contributed by atoms with Crippen molar-refractivity contribution in [2.24, 2.45) is 0 Å². The number of carbonyl (C=O) groups excluding carboxylic acids is 1. The molecule has 0 amide bonds. The van der Waals surface area contributed by atoms with Gasteiger partial charge in [-0.3, -0.25) is 0 Å². The van der Waals surface area contributed by atoms with Crippen molar-refractivity contribution < 1.29 is 14.3 Å². The summed E-state index contributed by atoms with van der Waals surface area (Å²) < 4.78 is 9.97. The van der Waals surface area contributed by atoms with Gasteiger partial charge in [-0.2, -0.15) is 0 Å². The molecule has 0 saturated heterocycles. The van der Waals surface area contributed by atoms with Crippen molar-refractivity contribution in [1.82, 2.24) is 5.32 Å². The van der Waals surface area contributed by atoms with Crippen LogP contribution in [0.15, 0.2) is 30.3 Å². The van der Waals surface area contributed by atoms with Gasteiger partial charge in [-0.15, -0.1) is 0 Å². The highest BCUT2D eigenvalue weighted by molar-refractivity contribution is 5.60. The van der Waals surface area contributed by atoms with Crippen molar-refractivity contribution in [3.63, 3.8) is 0 Å². The Morgan fingerprint density at radius 1 is 1.16 bits per heavy atom. The summed E-state index contributed by atoms with van der Waals surface area (Å²) in [6.07, 6.45) is 0.352. The molecule has 0 aromatic heterocycles. The zero-order valence-electron chi connectivity index (χ0n) is 11.9. The van der Waals surface area contributed by atoms with Crippen molar-refractivity contribution in [3.05, 3.63) is 35.9 Å². The third-order valence-corrected chi connectivity index (χ3v) is 2.32. The van der Waals surface area contributed by atoms with Gasteiger partial charge in [0.05, 0.1) is 0 Å². The molecule has 0 atom stereocenters. The number of hydrogen-bond donors (Lipinski definition) is 1. The Kier molecular flexibility index (Phi) is 6.36. The van der Waals surface area contributed by atoms with Gasteiger partial charge < -0.3 is 14.8 Å². The number of hydrogen-bond acceptors (Lipinski definition) is 4. The van der Waals surface area contributed by atoms with E-state index in [0.29, 0.717) is 13.2 Å². The highest BCUT2D eigenvalue weighted by atomic mass is 16.7. The van der Waals surface area contributed by atoms with E-state index >= 15 is 0 Å². The molecule has 0 unspecified atom stereocenters. The van der Waals surface area contributed by atoms with Crippen LogP contribution in [0.3, 0.4) is 0 Å². The van der Waals surface area contributed by atoms with Crippen molar-refractivity contribution >= 4 is 6.16 Å². The zero-order chi connectivity index (χ0) is 14.1. The Morgan fingerprint density at radius 3 is 2.47 bits per heavy atom. The summed E-state index contributed by atoms with van der Waals surface area (Å²) in [7, 11) is 0. The molecule has 1 N–H and O–H groups in total. The molecule has 0 radical (unpaired) electrons. The van der Waals surface area contributed by atoms with Crippen LogP contribution in [0.25, 0.3) is 0 Å². The molecule has 0 aliphatic rings. The molecule has 1 aromatic rings. The maximum atomic E-state index is 11.2. The average molecular weight is 265 g/mol. The third-order valence-electron chi connectivity index (χ3n) is 2.32. The quantitative estimate of drug-likeness (QED) is 0.634. The minimum atomic E-state index is -0.614. The molecule has 4 nitrogen and oxygen atoms in total. The average Bonchev–Trinajstić information content (AvgIpc) is 2.32. The first-order valence-corrected chi connectivity index (χ1v) is 6.58. The van der Waals surface area contributed by atoms with Gasteiger partial charge in [0.15, 0.2) is 0 Å². The molecular weight excluding hydrogens is 242 g/mol. The number of rotatable bonds is 6. The SMILES string of the molecule is CC(C)(C)OC(=O)OCCNCCc1ccccc1. The molecule has 0 spiro atoms. The van der Waals surface area contributed by atoms with Crippen molar-refractivity contribution in [1.29, 1.82) is 0 Å². The second-order valence-corrected chi connectivity index (χ2v) is 5.30. The monoisotopic (exact) mass is 265 g/mol. The second kappa shape index (κ2) is 7.79. The molecule has 0 aliphatic carbocycles. The lowest BCUT2D eigenvalue weighted by Crippen LogP contribution is -2.27. The largest absolute Gasteiger partial charge is 0.508 e. The Balaban J connectivity index is 2.01. The van der Waals surface area contributed by atoms with Gasteiger partial charge in [0.2, 0.25) is 0 Å². The van der Waals surface area contributed by atoms with Crippen LogP contribution in [0.4, 0.5) is 4.79 Å². The zero-order valence-corrected chi connectivity index (χ0v) is 11.9. The Bertz CT molecular complexity index is 371. The van der Waals surface area contributed by atoms with Crippen LogP contribution in [-0.4, -0.2) is 31.5 Å². The highest BCUT2D eigenvalue weighted by Gasteiger charge is 2.16. The predicted octanol–water partition coefficient (Wildman–Crippen LogP) is 2.77. The van der Waals surface area contributed by atoms with E-state index in [4.69, 9.17) is 9.47 Å². The lowest BCUT2D eigenvalue weighted by atomic mass is 10.1. The summed E-state index contributed by atoms with van der Waals surface area (Å²) in [5, 5.41) is 3.22. The van der Waals surface area contributed by atoms with E-state index in [2.05, 4.69) is 17.4 Å². The minimum absolute atomic E-state index is 0.323. The number of nitrogens with one attached hydrogen (secondary N) is 1. The predicted molar refractivity (Wildman–Crippen MR) is 75.2 cm³/mol. The van der Waals surface area contributed by atoms with E-state index in [-0.39, 0.29) is 0 Å². The standard InChI is InChI=1S/C15H23NO3/c1-15(2,3)19-14(17)18-12-11-16-10-9-13-7-5-4-6-8-13/h4-8,16H,9-12H2,1-3H3. The van der Waals surface area contributed by atoms with E-state index in [1.165, 1.54) is 5.56 Å². The topological polar surface area (TPSA) is 47.6 Å². The summed E-state index contributed by atoms with van der Waals surface area (Å²) >= 11 is 0. The van der Waals surface area contributed by atoms with Crippen LogP contribution in [0.5, 0.6) is 0 Å². The lowest BCUT2D eigenvalue weighted by molar-refractivity contribution is -0.00656. The fourth-order valence-electron chi connectivity index (χ4n) is 1.49.